The zero-order chi connectivity index (χ0) is 26.8. The summed E-state index contributed by atoms with van der Waals surface area (Å²) in [4.78, 5) is 20.1. The van der Waals surface area contributed by atoms with Gasteiger partial charge in [-0.15, -0.1) is 0 Å². The summed E-state index contributed by atoms with van der Waals surface area (Å²) in [7, 11) is 0. The lowest BCUT2D eigenvalue weighted by atomic mass is 10.0. The van der Waals surface area contributed by atoms with Crippen molar-refractivity contribution in [1.29, 1.82) is 0 Å². The minimum absolute atomic E-state index is 0.280. The number of carboxylic acids is 1. The van der Waals surface area contributed by atoms with Crippen molar-refractivity contribution in [2.24, 2.45) is 5.73 Å². The molecule has 210 valence electrons. The van der Waals surface area contributed by atoms with Crippen LogP contribution in [0.4, 0.5) is 13.2 Å². The van der Waals surface area contributed by atoms with Crippen LogP contribution >= 0.6 is 0 Å². The van der Waals surface area contributed by atoms with Gasteiger partial charge in [-0.1, -0.05) is 129 Å². The van der Waals surface area contributed by atoms with Crippen molar-refractivity contribution in [1.82, 2.24) is 0 Å². The molecule has 0 unspecified atom stereocenters. The van der Waals surface area contributed by atoms with Crippen molar-refractivity contribution in [3.8, 4) is 0 Å². The number of carbonyl (C=O) groups excluding carboxylic acids is 1. The van der Waals surface area contributed by atoms with Crippen molar-refractivity contribution in [2.45, 2.75) is 154 Å². The molecule has 0 aromatic heterocycles. The molecule has 0 spiro atoms. The van der Waals surface area contributed by atoms with Crippen LogP contribution in [0.3, 0.4) is 0 Å². The Hall–Kier alpha value is -1.31. The fraction of sp³-hybridized carbons (Fsp3) is 0.926. The fourth-order valence-electron chi connectivity index (χ4n) is 3.66. The van der Waals surface area contributed by atoms with Gasteiger partial charge < -0.3 is 15.6 Å². The third-order valence-corrected chi connectivity index (χ3v) is 5.86. The number of ether oxygens (including phenoxy) is 1. The van der Waals surface area contributed by atoms with Crippen LogP contribution in [-0.2, 0) is 14.3 Å². The molecule has 0 aliphatic heterocycles. The molecule has 0 amide bonds. The van der Waals surface area contributed by atoms with E-state index >= 15 is 0 Å². The molecule has 0 saturated carbocycles. The smallest absolute Gasteiger partial charge is 0.475 e. The van der Waals surface area contributed by atoms with E-state index < -0.39 is 18.2 Å². The minimum Gasteiger partial charge on any atom is -0.475 e. The molecule has 35 heavy (non-hydrogen) atoms. The second kappa shape index (κ2) is 25.8. The highest BCUT2D eigenvalue weighted by Gasteiger charge is 2.38. The van der Waals surface area contributed by atoms with E-state index in [2.05, 4.69) is 6.92 Å². The van der Waals surface area contributed by atoms with Crippen molar-refractivity contribution in [2.75, 3.05) is 6.61 Å². The quantitative estimate of drug-likeness (QED) is 0.113. The van der Waals surface area contributed by atoms with Crippen LogP contribution in [0.1, 0.15) is 142 Å². The maximum Gasteiger partial charge on any atom is 0.490 e. The molecule has 8 heteroatoms. The summed E-state index contributed by atoms with van der Waals surface area (Å²) in [5.74, 6) is -3.04. The molecule has 0 aromatic rings. The van der Waals surface area contributed by atoms with Crippen LogP contribution in [0.25, 0.3) is 0 Å². The normalized spacial score (nSPS) is 12.1. The summed E-state index contributed by atoms with van der Waals surface area (Å²) in [5, 5.41) is 7.12. The first-order valence-electron chi connectivity index (χ1n) is 13.8. The molecule has 0 rings (SSSR count). The summed E-state index contributed by atoms with van der Waals surface area (Å²) in [6.07, 6.45) is 22.5. The Labute approximate surface area is 211 Å². The van der Waals surface area contributed by atoms with E-state index in [-0.39, 0.29) is 5.97 Å². The lowest BCUT2D eigenvalue weighted by Gasteiger charge is -2.07. The number of esters is 1. The van der Waals surface area contributed by atoms with Gasteiger partial charge in [-0.2, -0.15) is 13.2 Å². The van der Waals surface area contributed by atoms with E-state index in [1.807, 2.05) is 0 Å². The lowest BCUT2D eigenvalue weighted by molar-refractivity contribution is -0.192. The minimum atomic E-state index is -5.08. The zero-order valence-corrected chi connectivity index (χ0v) is 22.3. The van der Waals surface area contributed by atoms with Gasteiger partial charge in [0.1, 0.15) is 6.04 Å². The number of halogens is 3. The highest BCUT2D eigenvalue weighted by atomic mass is 19.4. The average Bonchev–Trinajstić information content (AvgIpc) is 2.79. The van der Waals surface area contributed by atoms with Gasteiger partial charge in [0.05, 0.1) is 6.61 Å². The zero-order valence-electron chi connectivity index (χ0n) is 22.3. The molecular formula is C27H52F3NO4. The number of carbonyl (C=O) groups is 2. The van der Waals surface area contributed by atoms with Crippen LogP contribution in [0.5, 0.6) is 0 Å². The number of carboxylic acid groups (broad SMARTS) is 1. The highest BCUT2D eigenvalue weighted by Crippen LogP contribution is 2.15. The second-order valence-electron chi connectivity index (χ2n) is 9.48. The first-order chi connectivity index (χ1) is 16.6. The second-order valence-corrected chi connectivity index (χ2v) is 9.48. The van der Waals surface area contributed by atoms with E-state index in [1.54, 1.807) is 6.92 Å². The molecular weight excluding hydrogens is 459 g/mol. The Morgan fingerprint density at radius 1 is 0.686 bits per heavy atom. The molecule has 0 bridgehead atoms. The number of hydrogen-bond donors (Lipinski definition) is 2. The first-order valence-corrected chi connectivity index (χ1v) is 13.8. The van der Waals surface area contributed by atoms with E-state index in [4.69, 9.17) is 20.4 Å². The Kier molecular flexibility index (Phi) is 26.4. The van der Waals surface area contributed by atoms with Gasteiger partial charge in [-0.3, -0.25) is 4.79 Å². The molecule has 0 aromatic carbocycles. The molecule has 0 fully saturated rings. The number of aliphatic carboxylic acids is 1. The van der Waals surface area contributed by atoms with Crippen molar-refractivity contribution in [3.05, 3.63) is 0 Å². The van der Waals surface area contributed by atoms with Gasteiger partial charge >= 0.3 is 18.1 Å². The summed E-state index contributed by atoms with van der Waals surface area (Å²) in [6.45, 7) is 4.48. The molecule has 0 aliphatic carbocycles. The number of unbranched alkanes of at least 4 members (excludes halogenated alkanes) is 19. The molecule has 0 radical (unpaired) electrons. The van der Waals surface area contributed by atoms with Gasteiger partial charge in [-0.05, 0) is 13.3 Å². The summed E-state index contributed by atoms with van der Waals surface area (Å²) in [6, 6.07) is -0.495. The van der Waals surface area contributed by atoms with Crippen LogP contribution in [0.2, 0.25) is 0 Å². The first kappa shape index (κ1) is 35.8. The van der Waals surface area contributed by atoms with Gasteiger partial charge in [-0.25, -0.2) is 4.79 Å². The lowest BCUT2D eigenvalue weighted by Crippen LogP contribution is -2.28. The molecule has 0 heterocycles. The Morgan fingerprint density at radius 2 is 0.943 bits per heavy atom. The average molecular weight is 512 g/mol. The van der Waals surface area contributed by atoms with Gasteiger partial charge in [0.2, 0.25) is 0 Å². The number of hydrogen-bond acceptors (Lipinski definition) is 4. The Balaban J connectivity index is 0. The summed E-state index contributed by atoms with van der Waals surface area (Å²) in [5.41, 5.74) is 5.45. The maximum absolute atomic E-state index is 11.2. The van der Waals surface area contributed by atoms with E-state index in [1.165, 1.54) is 116 Å². The number of alkyl halides is 3. The van der Waals surface area contributed by atoms with Crippen LogP contribution in [-0.4, -0.2) is 35.9 Å². The molecule has 3 N–H and O–H groups in total. The number of nitrogens with two attached hydrogens (primary N) is 1. The topological polar surface area (TPSA) is 89.6 Å². The van der Waals surface area contributed by atoms with E-state index in [0.717, 1.165) is 12.8 Å². The third-order valence-electron chi connectivity index (χ3n) is 5.86. The Morgan fingerprint density at radius 3 is 1.17 bits per heavy atom. The van der Waals surface area contributed by atoms with Crippen molar-refractivity contribution < 1.29 is 32.6 Å². The highest BCUT2D eigenvalue weighted by molar-refractivity contribution is 5.74. The van der Waals surface area contributed by atoms with Crippen LogP contribution in [0.15, 0.2) is 0 Å². The fourth-order valence-corrected chi connectivity index (χ4v) is 3.66. The molecule has 0 aliphatic rings. The predicted octanol–water partition coefficient (Wildman–Crippen LogP) is 8.33. The largest absolute Gasteiger partial charge is 0.490 e. The van der Waals surface area contributed by atoms with Gasteiger partial charge in [0, 0.05) is 0 Å². The van der Waals surface area contributed by atoms with E-state index in [9.17, 15) is 18.0 Å². The van der Waals surface area contributed by atoms with Gasteiger partial charge in [0.15, 0.2) is 0 Å². The molecule has 0 saturated heterocycles. The summed E-state index contributed by atoms with van der Waals surface area (Å²) < 4.78 is 36.8. The molecule has 1 atom stereocenters. The predicted molar refractivity (Wildman–Crippen MR) is 136 cm³/mol. The Bertz CT molecular complexity index is 486. The standard InChI is InChI=1S/C25H51NO2.C2HF3O2/c1-3-4-5-6-7-8-9-10-11-12-13-14-15-16-17-18-19-20-21-22-23-28-25(27)24(2)26;3-2(4,5)1(6)7/h24H,3-23,26H2,1-2H3;(H,6,7)/t24-;/m0./s1. The van der Waals surface area contributed by atoms with Crippen molar-refractivity contribution in [3.63, 3.8) is 0 Å². The van der Waals surface area contributed by atoms with Gasteiger partial charge in [0.25, 0.3) is 0 Å². The molecule has 5 nitrogen and oxygen atoms in total. The maximum atomic E-state index is 11.2. The van der Waals surface area contributed by atoms with Crippen LogP contribution < -0.4 is 5.73 Å². The summed E-state index contributed by atoms with van der Waals surface area (Å²) >= 11 is 0. The monoisotopic (exact) mass is 511 g/mol. The SMILES string of the molecule is CCCCCCCCCCCCCCCCCCCCCCOC(=O)[C@H](C)N.O=C(O)C(F)(F)F. The van der Waals surface area contributed by atoms with E-state index in [0.29, 0.717) is 6.61 Å². The number of rotatable bonds is 22. The van der Waals surface area contributed by atoms with Crippen LogP contribution in [0, 0.1) is 0 Å². The third kappa shape index (κ3) is 30.7. The van der Waals surface area contributed by atoms with Crippen molar-refractivity contribution >= 4 is 11.9 Å².